The quantitative estimate of drug-likeness (QED) is 0.802. The molecule has 0 saturated heterocycles. The highest BCUT2D eigenvalue weighted by Crippen LogP contribution is 2.14. The fourth-order valence-corrected chi connectivity index (χ4v) is 3.28. The summed E-state index contributed by atoms with van der Waals surface area (Å²) in [6.07, 6.45) is 1.37. The second-order valence-corrected chi connectivity index (χ2v) is 7.98. The van der Waals surface area contributed by atoms with Crippen LogP contribution in [0, 0.1) is 0 Å². The van der Waals surface area contributed by atoms with Crippen molar-refractivity contribution in [1.29, 1.82) is 0 Å². The third-order valence-corrected chi connectivity index (χ3v) is 4.48. The molecule has 0 bridgehead atoms. The lowest BCUT2D eigenvalue weighted by atomic mass is 10.0. The Morgan fingerprint density at radius 2 is 1.62 bits per heavy atom. The molecule has 2 aromatic carbocycles. The molecule has 0 aliphatic carbocycles. The number of carbonyl (C=O) groups excluding carboxylic acids is 1. The van der Waals surface area contributed by atoms with E-state index in [1.165, 1.54) is 6.26 Å². The molecule has 6 heteroatoms. The Kier molecular flexibility index (Phi) is 6.11. The summed E-state index contributed by atoms with van der Waals surface area (Å²) in [6, 6.07) is 16.3. The molecule has 1 atom stereocenters. The predicted molar refractivity (Wildman–Crippen MR) is 94.8 cm³/mol. The van der Waals surface area contributed by atoms with E-state index >= 15 is 0 Å². The van der Waals surface area contributed by atoms with Crippen molar-refractivity contribution >= 4 is 15.7 Å². The highest BCUT2D eigenvalue weighted by atomic mass is 32.2. The van der Waals surface area contributed by atoms with E-state index in [1.807, 2.05) is 42.5 Å². The van der Waals surface area contributed by atoms with Gasteiger partial charge >= 0.3 is 0 Å². The topological polar surface area (TPSA) is 89.3 Å². The van der Waals surface area contributed by atoms with Crippen molar-refractivity contribution in [3.05, 3.63) is 71.3 Å². The van der Waals surface area contributed by atoms with Crippen LogP contribution in [0.2, 0.25) is 0 Å². The van der Waals surface area contributed by atoms with Gasteiger partial charge in [0, 0.05) is 25.3 Å². The van der Waals surface area contributed by atoms with Crippen LogP contribution in [0.15, 0.2) is 54.6 Å². The van der Waals surface area contributed by atoms with E-state index in [1.54, 1.807) is 12.1 Å². The van der Waals surface area contributed by atoms with Gasteiger partial charge in [0.2, 0.25) is 5.91 Å². The van der Waals surface area contributed by atoms with Crippen LogP contribution in [0.25, 0.3) is 0 Å². The van der Waals surface area contributed by atoms with Gasteiger partial charge in [-0.1, -0.05) is 54.6 Å². The normalized spacial score (nSPS) is 12.6. The molecule has 1 amide bonds. The zero-order valence-corrected chi connectivity index (χ0v) is 14.4. The van der Waals surface area contributed by atoms with Crippen molar-refractivity contribution in [2.24, 2.45) is 5.73 Å². The molecule has 0 heterocycles. The largest absolute Gasteiger partial charge is 0.352 e. The lowest BCUT2D eigenvalue weighted by molar-refractivity contribution is -0.121. The van der Waals surface area contributed by atoms with Gasteiger partial charge in [-0.2, -0.15) is 0 Å². The summed E-state index contributed by atoms with van der Waals surface area (Å²) in [7, 11) is -3.13. The summed E-state index contributed by atoms with van der Waals surface area (Å²) in [5.41, 5.74) is 8.44. The lowest BCUT2D eigenvalue weighted by Crippen LogP contribution is -2.27. The molecule has 0 aliphatic heterocycles. The number of benzene rings is 2. The molecule has 3 N–H and O–H groups in total. The van der Waals surface area contributed by atoms with Crippen LogP contribution in [0.4, 0.5) is 0 Å². The van der Waals surface area contributed by atoms with Gasteiger partial charge in [0.1, 0.15) is 0 Å². The monoisotopic (exact) mass is 346 g/mol. The van der Waals surface area contributed by atoms with Gasteiger partial charge < -0.3 is 11.1 Å². The maximum absolute atomic E-state index is 12.1. The molecule has 0 saturated carbocycles. The van der Waals surface area contributed by atoms with Crippen molar-refractivity contribution in [2.75, 3.05) is 6.26 Å². The molecule has 1 unspecified atom stereocenters. The third kappa shape index (κ3) is 5.79. The molecule has 0 aliphatic rings. The van der Waals surface area contributed by atoms with Gasteiger partial charge in [-0.25, -0.2) is 8.42 Å². The number of amides is 1. The number of rotatable bonds is 7. The summed E-state index contributed by atoms with van der Waals surface area (Å²) < 4.78 is 23.0. The number of hydrogen-bond acceptors (Lipinski definition) is 4. The van der Waals surface area contributed by atoms with Crippen molar-refractivity contribution in [3.8, 4) is 0 Å². The molecular formula is C18H22N2O3S. The zero-order chi connectivity index (χ0) is 17.6. The van der Waals surface area contributed by atoms with Crippen molar-refractivity contribution in [2.45, 2.75) is 24.8 Å². The van der Waals surface area contributed by atoms with Gasteiger partial charge in [0.05, 0.1) is 5.75 Å². The van der Waals surface area contributed by atoms with E-state index in [4.69, 9.17) is 5.73 Å². The molecule has 0 aromatic heterocycles. The van der Waals surface area contributed by atoms with E-state index in [0.717, 1.165) is 11.1 Å². The van der Waals surface area contributed by atoms with Crippen molar-refractivity contribution in [1.82, 2.24) is 5.32 Å². The lowest BCUT2D eigenvalue weighted by Gasteiger charge is -2.13. The minimum atomic E-state index is -3.13. The highest BCUT2D eigenvalue weighted by molar-refractivity contribution is 7.89. The van der Waals surface area contributed by atoms with Crippen LogP contribution in [0.1, 0.15) is 29.2 Å². The minimum absolute atomic E-state index is 0.0391. The molecule has 2 rings (SSSR count). The van der Waals surface area contributed by atoms with E-state index in [-0.39, 0.29) is 30.7 Å². The Balaban J connectivity index is 1.95. The first-order chi connectivity index (χ1) is 11.3. The smallest absolute Gasteiger partial charge is 0.222 e. The molecule has 128 valence electrons. The Morgan fingerprint density at radius 1 is 1.04 bits per heavy atom. The van der Waals surface area contributed by atoms with E-state index in [0.29, 0.717) is 5.56 Å². The average Bonchev–Trinajstić information content (AvgIpc) is 2.53. The van der Waals surface area contributed by atoms with Gasteiger partial charge in [-0.15, -0.1) is 0 Å². The Morgan fingerprint density at radius 3 is 2.25 bits per heavy atom. The van der Waals surface area contributed by atoms with E-state index in [2.05, 4.69) is 5.32 Å². The number of nitrogens with two attached hydrogens (primary N) is 1. The summed E-state index contributed by atoms with van der Waals surface area (Å²) in [6.45, 7) is 0.284. The number of nitrogens with one attached hydrogen (secondary N) is 1. The first kappa shape index (κ1) is 18.2. The SMILES string of the molecule is CS(=O)(=O)Cc1ccccc1CNC(=O)CC(N)c1ccccc1. The van der Waals surface area contributed by atoms with Crippen LogP contribution in [-0.2, 0) is 26.9 Å². The van der Waals surface area contributed by atoms with Crippen LogP contribution in [0.5, 0.6) is 0 Å². The molecule has 0 fully saturated rings. The maximum atomic E-state index is 12.1. The molecule has 24 heavy (non-hydrogen) atoms. The summed E-state index contributed by atoms with van der Waals surface area (Å²) in [5.74, 6) is -0.205. The van der Waals surface area contributed by atoms with Crippen LogP contribution in [-0.4, -0.2) is 20.6 Å². The van der Waals surface area contributed by atoms with Gasteiger partial charge in [-0.05, 0) is 16.7 Å². The highest BCUT2D eigenvalue weighted by Gasteiger charge is 2.13. The van der Waals surface area contributed by atoms with Gasteiger partial charge in [0.25, 0.3) is 0 Å². The molecule has 0 radical (unpaired) electrons. The summed E-state index contributed by atoms with van der Waals surface area (Å²) in [5, 5.41) is 2.81. The molecule has 2 aromatic rings. The van der Waals surface area contributed by atoms with E-state index in [9.17, 15) is 13.2 Å². The first-order valence-electron chi connectivity index (χ1n) is 7.67. The average molecular weight is 346 g/mol. The number of hydrogen-bond donors (Lipinski definition) is 2. The fraction of sp³-hybridized carbons (Fsp3) is 0.278. The molecular weight excluding hydrogens is 324 g/mol. The Labute approximate surface area is 142 Å². The van der Waals surface area contributed by atoms with Crippen LogP contribution >= 0.6 is 0 Å². The fourth-order valence-electron chi connectivity index (χ4n) is 2.44. The maximum Gasteiger partial charge on any atom is 0.222 e. The second kappa shape index (κ2) is 8.08. The van der Waals surface area contributed by atoms with Crippen molar-refractivity contribution in [3.63, 3.8) is 0 Å². The molecule has 5 nitrogen and oxygen atoms in total. The predicted octanol–water partition coefficient (Wildman–Crippen LogP) is 1.94. The van der Waals surface area contributed by atoms with E-state index < -0.39 is 9.84 Å². The molecule has 0 spiro atoms. The van der Waals surface area contributed by atoms with Gasteiger partial charge in [0.15, 0.2) is 9.84 Å². The number of carbonyl (C=O) groups is 1. The third-order valence-electron chi connectivity index (χ3n) is 3.65. The number of sulfone groups is 1. The standard InChI is InChI=1S/C18H22N2O3S/c1-24(22,23)13-16-10-6-5-9-15(16)12-20-18(21)11-17(19)14-7-3-2-4-8-14/h2-10,17H,11-13,19H2,1H3,(H,20,21). The Hall–Kier alpha value is -2.18. The van der Waals surface area contributed by atoms with Crippen LogP contribution in [0.3, 0.4) is 0 Å². The van der Waals surface area contributed by atoms with Gasteiger partial charge in [-0.3, -0.25) is 4.79 Å². The first-order valence-corrected chi connectivity index (χ1v) is 9.73. The zero-order valence-electron chi connectivity index (χ0n) is 13.6. The minimum Gasteiger partial charge on any atom is -0.352 e. The van der Waals surface area contributed by atoms with Crippen LogP contribution < -0.4 is 11.1 Å². The Bertz CT molecular complexity index is 789. The summed E-state index contributed by atoms with van der Waals surface area (Å²) >= 11 is 0. The second-order valence-electron chi connectivity index (χ2n) is 5.84. The van der Waals surface area contributed by atoms with Crippen molar-refractivity contribution < 1.29 is 13.2 Å². The summed E-state index contributed by atoms with van der Waals surface area (Å²) in [4.78, 5) is 12.1.